The third-order valence-corrected chi connectivity index (χ3v) is 5.40. The summed E-state index contributed by atoms with van der Waals surface area (Å²) in [6.45, 7) is 7.66. The minimum atomic E-state index is -0.316. The summed E-state index contributed by atoms with van der Waals surface area (Å²) in [5.74, 6) is 1.01. The molecule has 2 aliphatic rings. The van der Waals surface area contributed by atoms with Crippen LogP contribution in [-0.2, 0) is 16.0 Å². The number of benzene rings is 1. The lowest BCUT2D eigenvalue weighted by atomic mass is 10.1. The molecular weight excluding hydrogens is 387 g/mol. The van der Waals surface area contributed by atoms with Crippen LogP contribution in [0.1, 0.15) is 21.5 Å². The number of morpholine rings is 2. The smallest absolute Gasteiger partial charge is 0.255 e. The molecule has 2 aromatic rings. The lowest BCUT2D eigenvalue weighted by Crippen LogP contribution is -2.40. The molecule has 8 heteroatoms. The van der Waals surface area contributed by atoms with Crippen molar-refractivity contribution in [2.75, 3.05) is 62.4 Å². The molecule has 2 saturated heterocycles. The van der Waals surface area contributed by atoms with E-state index >= 15 is 0 Å². The van der Waals surface area contributed by atoms with Crippen LogP contribution in [0.5, 0.6) is 0 Å². The van der Waals surface area contributed by atoms with Gasteiger partial charge in [0, 0.05) is 32.7 Å². The van der Waals surface area contributed by atoms with E-state index in [0.717, 1.165) is 24.5 Å². The van der Waals surface area contributed by atoms with E-state index in [2.05, 4.69) is 15.1 Å². The minimum absolute atomic E-state index is 0.209. The fourth-order valence-corrected chi connectivity index (χ4v) is 3.80. The first kappa shape index (κ1) is 20.6. The summed E-state index contributed by atoms with van der Waals surface area (Å²) in [4.78, 5) is 22.3. The summed E-state index contributed by atoms with van der Waals surface area (Å²) in [6.07, 6.45) is 0. The molecule has 0 radical (unpaired) electrons. The molecule has 0 unspecified atom stereocenters. The lowest BCUT2D eigenvalue weighted by Gasteiger charge is -2.33. The standard InChI is InChI=1S/C22H27FN4O3/c1-16-13-19(26-5-9-29-10-6-26)25-21(27-7-11-30-12-8-27)20(16)22(28)24-15-17-3-2-4-18(23)14-17/h2-4,13-14H,5-12,15H2,1H3,(H,24,28). The van der Waals surface area contributed by atoms with Crippen molar-refractivity contribution >= 4 is 17.5 Å². The molecule has 0 bridgehead atoms. The Labute approximate surface area is 175 Å². The van der Waals surface area contributed by atoms with E-state index in [0.29, 0.717) is 56.5 Å². The van der Waals surface area contributed by atoms with E-state index in [-0.39, 0.29) is 18.3 Å². The topological polar surface area (TPSA) is 66.9 Å². The summed E-state index contributed by atoms with van der Waals surface area (Å²) in [5.41, 5.74) is 2.14. The highest BCUT2D eigenvalue weighted by Crippen LogP contribution is 2.28. The van der Waals surface area contributed by atoms with Crippen molar-refractivity contribution in [3.05, 3.63) is 52.8 Å². The molecule has 0 atom stereocenters. The maximum Gasteiger partial charge on any atom is 0.255 e. The van der Waals surface area contributed by atoms with E-state index in [4.69, 9.17) is 14.5 Å². The molecule has 0 aliphatic carbocycles. The summed E-state index contributed by atoms with van der Waals surface area (Å²) >= 11 is 0. The number of carbonyl (C=O) groups is 1. The summed E-state index contributed by atoms with van der Waals surface area (Å²) in [7, 11) is 0. The predicted molar refractivity (Wildman–Crippen MR) is 113 cm³/mol. The van der Waals surface area contributed by atoms with E-state index < -0.39 is 0 Å². The zero-order chi connectivity index (χ0) is 20.9. The second-order valence-corrected chi connectivity index (χ2v) is 7.51. The highest BCUT2D eigenvalue weighted by atomic mass is 19.1. The van der Waals surface area contributed by atoms with Gasteiger partial charge in [0.25, 0.3) is 5.91 Å². The van der Waals surface area contributed by atoms with Crippen molar-refractivity contribution in [3.63, 3.8) is 0 Å². The maximum absolute atomic E-state index is 13.5. The largest absolute Gasteiger partial charge is 0.378 e. The van der Waals surface area contributed by atoms with Gasteiger partial charge in [-0.15, -0.1) is 0 Å². The van der Waals surface area contributed by atoms with Crippen molar-refractivity contribution in [1.82, 2.24) is 10.3 Å². The van der Waals surface area contributed by atoms with Gasteiger partial charge in [-0.2, -0.15) is 0 Å². The third kappa shape index (κ3) is 4.71. The second-order valence-electron chi connectivity index (χ2n) is 7.51. The Kier molecular flexibility index (Phi) is 6.44. The predicted octanol–water partition coefficient (Wildman–Crippen LogP) is 2.13. The van der Waals surface area contributed by atoms with E-state index in [9.17, 15) is 9.18 Å². The van der Waals surface area contributed by atoms with Crippen LogP contribution >= 0.6 is 0 Å². The molecule has 2 fully saturated rings. The number of nitrogens with zero attached hydrogens (tertiary/aromatic N) is 3. The molecule has 3 heterocycles. The summed E-state index contributed by atoms with van der Waals surface area (Å²) in [5, 5.41) is 2.92. The van der Waals surface area contributed by atoms with Crippen molar-refractivity contribution in [3.8, 4) is 0 Å². The van der Waals surface area contributed by atoms with Crippen LogP contribution in [0.25, 0.3) is 0 Å². The Morgan fingerprint density at radius 3 is 2.40 bits per heavy atom. The molecule has 1 aromatic heterocycles. The molecule has 0 saturated carbocycles. The van der Waals surface area contributed by atoms with Crippen LogP contribution in [0.3, 0.4) is 0 Å². The Hall–Kier alpha value is -2.71. The molecular formula is C22H27FN4O3. The average molecular weight is 414 g/mol. The molecule has 1 aromatic carbocycles. The first-order valence-corrected chi connectivity index (χ1v) is 10.3. The van der Waals surface area contributed by atoms with Crippen LogP contribution in [0.15, 0.2) is 30.3 Å². The monoisotopic (exact) mass is 414 g/mol. The normalized spacial score (nSPS) is 17.1. The number of aromatic nitrogens is 1. The molecule has 1 N–H and O–H groups in total. The number of aryl methyl sites for hydroxylation is 1. The number of pyridine rings is 1. The first-order valence-electron chi connectivity index (χ1n) is 10.3. The highest BCUT2D eigenvalue weighted by molar-refractivity contribution is 6.00. The van der Waals surface area contributed by atoms with E-state index in [1.54, 1.807) is 12.1 Å². The summed E-state index contributed by atoms with van der Waals surface area (Å²) < 4.78 is 24.4. The summed E-state index contributed by atoms with van der Waals surface area (Å²) in [6, 6.07) is 8.21. The van der Waals surface area contributed by atoms with Crippen molar-refractivity contribution in [1.29, 1.82) is 0 Å². The van der Waals surface area contributed by atoms with Gasteiger partial charge in [0.1, 0.15) is 17.5 Å². The number of hydrogen-bond donors (Lipinski definition) is 1. The van der Waals surface area contributed by atoms with Crippen LogP contribution in [-0.4, -0.2) is 63.5 Å². The molecule has 4 rings (SSSR count). The second kappa shape index (κ2) is 9.40. The third-order valence-electron chi connectivity index (χ3n) is 5.40. The SMILES string of the molecule is Cc1cc(N2CCOCC2)nc(N2CCOCC2)c1C(=O)NCc1cccc(F)c1. The maximum atomic E-state index is 13.5. The zero-order valence-corrected chi connectivity index (χ0v) is 17.2. The number of ether oxygens (including phenoxy) is 2. The van der Waals surface area contributed by atoms with Crippen molar-refractivity contribution in [2.45, 2.75) is 13.5 Å². The number of carbonyl (C=O) groups excluding carboxylic acids is 1. The van der Waals surface area contributed by atoms with Gasteiger partial charge in [0.15, 0.2) is 0 Å². The van der Waals surface area contributed by atoms with Gasteiger partial charge in [-0.25, -0.2) is 9.37 Å². The van der Waals surface area contributed by atoms with Crippen LogP contribution in [0.4, 0.5) is 16.0 Å². The number of rotatable bonds is 5. The fraction of sp³-hybridized carbons (Fsp3) is 0.455. The molecule has 160 valence electrons. The molecule has 7 nitrogen and oxygen atoms in total. The lowest BCUT2D eigenvalue weighted by molar-refractivity contribution is 0.0948. The van der Waals surface area contributed by atoms with E-state index in [1.807, 2.05) is 13.0 Å². The minimum Gasteiger partial charge on any atom is -0.378 e. The Morgan fingerprint density at radius 1 is 1.07 bits per heavy atom. The molecule has 30 heavy (non-hydrogen) atoms. The van der Waals surface area contributed by atoms with Gasteiger partial charge in [0.05, 0.1) is 32.0 Å². The van der Waals surface area contributed by atoms with Crippen molar-refractivity contribution in [2.24, 2.45) is 0 Å². The Balaban J connectivity index is 1.61. The average Bonchev–Trinajstić information content (AvgIpc) is 2.78. The number of anilines is 2. The molecule has 2 aliphatic heterocycles. The molecule has 1 amide bonds. The van der Waals surface area contributed by atoms with Gasteiger partial charge >= 0.3 is 0 Å². The van der Waals surface area contributed by atoms with Crippen LogP contribution in [0, 0.1) is 12.7 Å². The highest BCUT2D eigenvalue weighted by Gasteiger charge is 2.25. The van der Waals surface area contributed by atoms with Crippen LogP contribution in [0.2, 0.25) is 0 Å². The quantitative estimate of drug-likeness (QED) is 0.809. The van der Waals surface area contributed by atoms with Gasteiger partial charge < -0.3 is 24.6 Å². The Bertz CT molecular complexity index is 896. The Morgan fingerprint density at radius 2 is 1.73 bits per heavy atom. The number of halogens is 1. The van der Waals surface area contributed by atoms with Gasteiger partial charge in [0.2, 0.25) is 0 Å². The van der Waals surface area contributed by atoms with Crippen molar-refractivity contribution < 1.29 is 18.7 Å². The number of hydrogen-bond acceptors (Lipinski definition) is 6. The fourth-order valence-electron chi connectivity index (χ4n) is 3.80. The van der Waals surface area contributed by atoms with Gasteiger partial charge in [-0.05, 0) is 36.2 Å². The zero-order valence-electron chi connectivity index (χ0n) is 17.2. The molecule has 0 spiro atoms. The number of amides is 1. The number of nitrogens with one attached hydrogen (secondary N) is 1. The van der Waals surface area contributed by atoms with Crippen LogP contribution < -0.4 is 15.1 Å². The first-order chi connectivity index (χ1) is 14.6. The van der Waals surface area contributed by atoms with E-state index in [1.165, 1.54) is 12.1 Å². The van der Waals surface area contributed by atoms with Gasteiger partial charge in [-0.3, -0.25) is 4.79 Å². The van der Waals surface area contributed by atoms with Gasteiger partial charge in [-0.1, -0.05) is 12.1 Å².